The molecule has 396 valence electrons. The molecule has 5 aliphatic rings. The standard InChI is InChI=1S/C46H76O19P2S2/c1-11-31(42(50)51)33-15-14-25(4)39(60-33)29(8)41(62-37(48)24-69-67(56,57)58)28(7)38(49)32(12-2)40-26(5)22-27(6)45(63-40)19-17-35(61-36(47)23-68-66(53,54)55)46(65-45)21-20-43(10,64-46)34-16-18-44(52,13-3)30(9)59-34/h17,19,25-35,39-41,52H,11-16,18,20-24H2,1-10H3,(H,50,51)(H2,53,54,55)(H2,56,57,58)/t25-,26+,27-,28+,29+,30+,31+,32?,33?,34-,35-,39+,40+,41+,43+,44-,45-,46-/m1/s1. The molecule has 0 radical (unpaired) electrons. The maximum Gasteiger partial charge on any atom is 0.384 e. The molecule has 0 bridgehead atoms. The first-order valence-corrected chi connectivity index (χ1v) is 30.7. The molecule has 4 saturated heterocycles. The number of aliphatic hydroxyl groups is 1. The molecule has 19 nitrogen and oxygen atoms in total. The van der Waals surface area contributed by atoms with Crippen molar-refractivity contribution in [3.8, 4) is 0 Å². The fourth-order valence-electron chi connectivity index (χ4n) is 11.4. The third kappa shape index (κ3) is 13.7. The lowest BCUT2D eigenvalue weighted by Gasteiger charge is -2.54. The number of carboxylic acids is 1. The number of ether oxygens (including phenoxy) is 7. The summed E-state index contributed by atoms with van der Waals surface area (Å²) >= 11 is 0.252. The van der Waals surface area contributed by atoms with Gasteiger partial charge >= 0.3 is 31.5 Å². The molecule has 18 atom stereocenters. The van der Waals surface area contributed by atoms with Crippen molar-refractivity contribution in [2.45, 2.75) is 199 Å². The monoisotopic (exact) mass is 1060 g/mol. The lowest BCUT2D eigenvalue weighted by atomic mass is 9.72. The summed E-state index contributed by atoms with van der Waals surface area (Å²) in [5.74, 6) is -11.7. The number of carbonyl (C=O) groups is 4. The van der Waals surface area contributed by atoms with Crippen molar-refractivity contribution in [3.05, 3.63) is 12.2 Å². The van der Waals surface area contributed by atoms with Crippen LogP contribution in [0, 0.1) is 41.4 Å². The van der Waals surface area contributed by atoms with Crippen molar-refractivity contribution < 1.29 is 91.3 Å². The van der Waals surface area contributed by atoms with E-state index in [1.807, 2.05) is 48.5 Å². The molecule has 5 rings (SSSR count). The summed E-state index contributed by atoms with van der Waals surface area (Å²) in [6.45, 7) is 9.16. The first kappa shape index (κ1) is 58.5. The zero-order valence-electron chi connectivity index (χ0n) is 41.4. The average molecular weight is 1060 g/mol. The predicted octanol–water partition coefficient (Wildman–Crippen LogP) is 6.94. The van der Waals surface area contributed by atoms with Gasteiger partial charge in [0.05, 0.1) is 53.6 Å². The molecule has 2 unspecified atom stereocenters. The molecule has 0 aliphatic carbocycles. The van der Waals surface area contributed by atoms with Gasteiger partial charge in [-0.2, -0.15) is 0 Å². The number of esters is 2. The van der Waals surface area contributed by atoms with E-state index in [0.29, 0.717) is 51.4 Å². The van der Waals surface area contributed by atoms with Crippen LogP contribution < -0.4 is 0 Å². The second kappa shape index (κ2) is 23.0. The Balaban J connectivity index is 1.47. The zero-order valence-corrected chi connectivity index (χ0v) is 44.8. The van der Waals surface area contributed by atoms with Crippen LogP contribution in [-0.4, -0.2) is 130 Å². The van der Waals surface area contributed by atoms with Gasteiger partial charge in [-0.05, 0) is 118 Å². The largest absolute Gasteiger partial charge is 0.481 e. The SMILES string of the molecule is CCC(C(=O)[C@H](C)[C@H](OC(=O)CSP(=O)(O)O)[C@@H](C)[C@H]1OC([C@H](CC)C(=O)O)CC[C@H]1C)[C@H]1O[C@@]2(C=C[C@@H](OC(=O)CSP(=O)(O)O)[C@@]3(CC[C@@](C)([C@H]4CC[C@](O)(CC)[C@H](C)O4)O3)O2)[C@H](C)C[C@@H]1C. The molecular formula is C46H76O19P2S2. The van der Waals surface area contributed by atoms with E-state index in [9.17, 15) is 53.3 Å². The van der Waals surface area contributed by atoms with Crippen LogP contribution in [0.2, 0.25) is 0 Å². The molecule has 4 fully saturated rings. The summed E-state index contributed by atoms with van der Waals surface area (Å²) < 4.78 is 69.4. The van der Waals surface area contributed by atoms with Gasteiger partial charge in [0.15, 0.2) is 11.9 Å². The summed E-state index contributed by atoms with van der Waals surface area (Å²) in [6.07, 6.45) is 1.98. The van der Waals surface area contributed by atoms with Crippen molar-refractivity contribution in [3.63, 3.8) is 0 Å². The molecule has 0 aromatic carbocycles. The van der Waals surface area contributed by atoms with E-state index >= 15 is 4.79 Å². The summed E-state index contributed by atoms with van der Waals surface area (Å²) in [6, 6.07) is 0. The van der Waals surface area contributed by atoms with Crippen LogP contribution in [0.5, 0.6) is 0 Å². The number of hydrogen-bond donors (Lipinski definition) is 6. The molecule has 69 heavy (non-hydrogen) atoms. The third-order valence-electron chi connectivity index (χ3n) is 15.6. The first-order valence-electron chi connectivity index (χ1n) is 24.3. The second-order valence-electron chi connectivity index (χ2n) is 20.4. The van der Waals surface area contributed by atoms with Gasteiger partial charge in [0.25, 0.3) is 0 Å². The highest BCUT2D eigenvalue weighted by Gasteiger charge is 2.64. The highest BCUT2D eigenvalue weighted by Crippen LogP contribution is 2.56. The molecule has 0 amide bonds. The Kier molecular flexibility index (Phi) is 19.5. The molecule has 0 aromatic rings. The van der Waals surface area contributed by atoms with Gasteiger partial charge in [0.2, 0.25) is 5.79 Å². The molecule has 23 heteroatoms. The van der Waals surface area contributed by atoms with E-state index in [-0.39, 0.29) is 59.1 Å². The smallest absolute Gasteiger partial charge is 0.384 e. The van der Waals surface area contributed by atoms with Crippen molar-refractivity contribution >= 4 is 60.0 Å². The maximum absolute atomic E-state index is 15.1. The minimum absolute atomic E-state index is 0.114. The second-order valence-corrected chi connectivity index (χ2v) is 27.8. The summed E-state index contributed by atoms with van der Waals surface area (Å²) in [5, 5.41) is 21.2. The van der Waals surface area contributed by atoms with Crippen molar-refractivity contribution in [2.75, 3.05) is 11.5 Å². The van der Waals surface area contributed by atoms with Crippen LogP contribution in [-0.2, 0) is 61.5 Å². The van der Waals surface area contributed by atoms with Crippen molar-refractivity contribution in [1.82, 2.24) is 0 Å². The molecule has 5 heterocycles. The van der Waals surface area contributed by atoms with Gasteiger partial charge < -0.3 is 62.9 Å². The predicted molar refractivity (Wildman–Crippen MR) is 255 cm³/mol. The van der Waals surface area contributed by atoms with Crippen LogP contribution in [0.4, 0.5) is 0 Å². The van der Waals surface area contributed by atoms with Gasteiger partial charge in [-0.1, -0.05) is 55.4 Å². The lowest BCUT2D eigenvalue weighted by molar-refractivity contribution is -0.409. The van der Waals surface area contributed by atoms with E-state index in [0.717, 1.165) is 0 Å². The van der Waals surface area contributed by atoms with Gasteiger partial charge in [-0.15, -0.1) is 0 Å². The number of aliphatic carboxylic acids is 1. The van der Waals surface area contributed by atoms with Crippen LogP contribution in [0.15, 0.2) is 12.2 Å². The number of hydrogen-bond acceptors (Lipinski definition) is 16. The van der Waals surface area contributed by atoms with E-state index in [2.05, 4.69) is 0 Å². The Hall–Kier alpha value is -1.42. The highest BCUT2D eigenvalue weighted by molar-refractivity contribution is 8.55. The summed E-state index contributed by atoms with van der Waals surface area (Å²) in [7, 11) is 0. The van der Waals surface area contributed by atoms with Gasteiger partial charge in [0.1, 0.15) is 23.4 Å². The first-order chi connectivity index (χ1) is 32.0. The Morgan fingerprint density at radius 1 is 0.812 bits per heavy atom. The summed E-state index contributed by atoms with van der Waals surface area (Å²) in [4.78, 5) is 91.9. The van der Waals surface area contributed by atoms with Crippen LogP contribution in [0.3, 0.4) is 0 Å². The van der Waals surface area contributed by atoms with Crippen LogP contribution in [0.1, 0.15) is 133 Å². The Morgan fingerprint density at radius 2 is 1.43 bits per heavy atom. The number of carboxylic acid groups (broad SMARTS) is 1. The van der Waals surface area contributed by atoms with Crippen LogP contribution >= 0.6 is 36.4 Å². The fourth-order valence-corrected chi connectivity index (χ4v) is 13.8. The Morgan fingerprint density at radius 3 is 2.00 bits per heavy atom. The number of carbonyl (C=O) groups excluding carboxylic acids is 3. The Bertz CT molecular complexity index is 1970. The number of ketones is 1. The third-order valence-corrected chi connectivity index (χ3v) is 19.8. The fraction of sp³-hybridized carbons (Fsp3) is 0.870. The van der Waals surface area contributed by atoms with Gasteiger partial charge in [-0.3, -0.25) is 19.2 Å². The quantitative estimate of drug-likeness (QED) is 0.0409. The van der Waals surface area contributed by atoms with E-state index in [1.165, 1.54) is 0 Å². The molecule has 0 aromatic heterocycles. The summed E-state index contributed by atoms with van der Waals surface area (Å²) in [5.41, 5.74) is -2.04. The minimum atomic E-state index is -4.66. The highest BCUT2D eigenvalue weighted by atomic mass is 32.7. The molecule has 6 N–H and O–H groups in total. The van der Waals surface area contributed by atoms with E-state index in [4.69, 9.17) is 33.2 Å². The van der Waals surface area contributed by atoms with E-state index in [1.54, 1.807) is 32.9 Å². The zero-order chi connectivity index (χ0) is 51.7. The molecule has 0 saturated carbocycles. The maximum atomic E-state index is 15.1. The lowest BCUT2D eigenvalue weighted by Crippen LogP contribution is -2.63. The van der Waals surface area contributed by atoms with Gasteiger partial charge in [0, 0.05) is 24.2 Å². The minimum Gasteiger partial charge on any atom is -0.481 e. The normalized spacial score (nSPS) is 38.5. The van der Waals surface area contributed by atoms with Crippen molar-refractivity contribution in [1.29, 1.82) is 0 Å². The van der Waals surface area contributed by atoms with Crippen molar-refractivity contribution in [2.24, 2.45) is 41.4 Å². The van der Waals surface area contributed by atoms with E-state index < -0.39 is 132 Å². The number of rotatable bonds is 20. The Labute approximate surface area is 413 Å². The van der Waals surface area contributed by atoms with Crippen LogP contribution in [0.25, 0.3) is 0 Å². The molecule has 2 spiro atoms. The molecule has 5 aliphatic heterocycles. The number of Topliss-reactive ketones (excluding diaryl/α,β-unsaturated/α-hetero) is 1. The van der Waals surface area contributed by atoms with Gasteiger partial charge in [-0.25, -0.2) is 9.13 Å². The average Bonchev–Trinajstić information content (AvgIpc) is 3.61. The molecular weight excluding hydrogens is 983 g/mol. The topological polar surface area (TPSA) is 288 Å².